The molecule has 0 amide bonds. The number of esters is 1. The fraction of sp³-hybridized carbons (Fsp3) is 0.370. The normalized spacial score (nSPS) is 13.7. The summed E-state index contributed by atoms with van der Waals surface area (Å²) in [4.78, 5) is 17.7. The number of halogens is 1. The third-order valence-corrected chi connectivity index (χ3v) is 7.04. The van der Waals surface area contributed by atoms with Crippen molar-refractivity contribution in [3.8, 4) is 22.5 Å². The molecule has 1 unspecified atom stereocenters. The largest absolute Gasteiger partial charge is 0.467 e. The fourth-order valence-corrected chi connectivity index (χ4v) is 5.12. The van der Waals surface area contributed by atoms with Crippen LogP contribution in [0.2, 0.25) is 5.15 Å². The highest BCUT2D eigenvalue weighted by Crippen LogP contribution is 2.35. The van der Waals surface area contributed by atoms with Crippen molar-refractivity contribution < 1.29 is 14.6 Å². The van der Waals surface area contributed by atoms with Gasteiger partial charge in [-0.3, -0.25) is 5.32 Å². The maximum atomic E-state index is 13.1. The van der Waals surface area contributed by atoms with Crippen molar-refractivity contribution >= 4 is 17.6 Å². The molecule has 4 aromatic rings. The molecule has 0 radical (unpaired) electrons. The summed E-state index contributed by atoms with van der Waals surface area (Å²) < 4.78 is 7.02. The van der Waals surface area contributed by atoms with E-state index in [1.54, 1.807) is 7.05 Å². The predicted octanol–water partition coefficient (Wildman–Crippen LogP) is 3.74. The number of benzene rings is 2. The molecule has 2 aromatic heterocycles. The summed E-state index contributed by atoms with van der Waals surface area (Å²) in [6, 6.07) is 16.0. The van der Waals surface area contributed by atoms with E-state index in [0.29, 0.717) is 24.5 Å². The molecule has 38 heavy (non-hydrogen) atoms. The molecule has 200 valence electrons. The smallest absolute Gasteiger partial charge is 0.335 e. The van der Waals surface area contributed by atoms with E-state index in [1.807, 2.05) is 53.1 Å². The monoisotopic (exact) mass is 537 g/mol. The van der Waals surface area contributed by atoms with Gasteiger partial charge in [-0.25, -0.2) is 9.78 Å². The van der Waals surface area contributed by atoms with Crippen LogP contribution >= 0.6 is 11.6 Å². The van der Waals surface area contributed by atoms with Crippen LogP contribution in [0.25, 0.3) is 22.5 Å². The first-order valence-electron chi connectivity index (χ1n) is 12.5. The zero-order valence-corrected chi connectivity index (χ0v) is 22.7. The fourth-order valence-electron chi connectivity index (χ4n) is 4.77. The van der Waals surface area contributed by atoms with Gasteiger partial charge >= 0.3 is 5.97 Å². The van der Waals surface area contributed by atoms with Gasteiger partial charge in [-0.15, -0.1) is 10.2 Å². The number of aliphatic hydroxyl groups excluding tert-OH is 1. The lowest BCUT2D eigenvalue weighted by molar-refractivity contribution is -0.154. The van der Waals surface area contributed by atoms with Crippen LogP contribution in [-0.4, -0.2) is 61.5 Å². The van der Waals surface area contributed by atoms with Gasteiger partial charge in [-0.05, 0) is 42.3 Å². The molecule has 0 aliphatic heterocycles. The molecule has 0 bridgehead atoms. The van der Waals surface area contributed by atoms with Crippen molar-refractivity contribution in [2.24, 2.45) is 0 Å². The van der Waals surface area contributed by atoms with Crippen LogP contribution in [0.3, 0.4) is 0 Å². The Bertz CT molecular complexity index is 1370. The second-order valence-corrected chi connectivity index (χ2v) is 9.42. The number of hydrogen-bond acceptors (Lipinski definition) is 8. The van der Waals surface area contributed by atoms with Crippen molar-refractivity contribution in [2.45, 2.75) is 51.3 Å². The molecule has 2 aromatic carbocycles. The zero-order chi connectivity index (χ0) is 27.3. The summed E-state index contributed by atoms with van der Waals surface area (Å²) in [5, 5.41) is 28.4. The predicted molar refractivity (Wildman–Crippen MR) is 144 cm³/mol. The van der Waals surface area contributed by atoms with Crippen molar-refractivity contribution in [2.75, 3.05) is 14.2 Å². The Morgan fingerprint density at radius 2 is 1.92 bits per heavy atom. The van der Waals surface area contributed by atoms with Gasteiger partial charge in [-0.1, -0.05) is 73.5 Å². The Labute approximate surface area is 226 Å². The summed E-state index contributed by atoms with van der Waals surface area (Å²) >= 11 is 6.66. The number of tetrazole rings is 1. The lowest BCUT2D eigenvalue weighted by Crippen LogP contribution is -2.57. The van der Waals surface area contributed by atoms with E-state index >= 15 is 0 Å². The van der Waals surface area contributed by atoms with Gasteiger partial charge in [0.1, 0.15) is 5.82 Å². The number of aryl methyl sites for hydroxylation is 1. The number of hydrogen-bond donors (Lipinski definition) is 3. The minimum absolute atomic E-state index is 0.155. The van der Waals surface area contributed by atoms with Crippen molar-refractivity contribution in [1.82, 2.24) is 35.5 Å². The quantitative estimate of drug-likeness (QED) is 0.247. The number of ether oxygens (including phenoxy) is 1. The lowest BCUT2D eigenvalue weighted by atomic mass is 9.89. The van der Waals surface area contributed by atoms with Crippen molar-refractivity contribution in [3.63, 3.8) is 0 Å². The average molecular weight is 538 g/mol. The number of rotatable bonds is 11. The van der Waals surface area contributed by atoms with Crippen LogP contribution < -0.4 is 5.32 Å². The maximum Gasteiger partial charge on any atom is 0.335 e. The average Bonchev–Trinajstić information content (AvgIpc) is 3.57. The second kappa shape index (κ2) is 11.8. The van der Waals surface area contributed by atoms with Crippen LogP contribution in [-0.2, 0) is 28.0 Å². The number of aliphatic hydroxyl groups is 1. The summed E-state index contributed by atoms with van der Waals surface area (Å²) in [6.07, 6.45) is 1.40. The van der Waals surface area contributed by atoms with Crippen LogP contribution in [0.1, 0.15) is 43.8 Å². The molecule has 10 nitrogen and oxygen atoms in total. The van der Waals surface area contributed by atoms with Gasteiger partial charge in [-0.2, -0.15) is 5.21 Å². The number of carbonyl (C=O) groups excluding carboxylic acids is 1. The van der Waals surface area contributed by atoms with Gasteiger partial charge in [0.05, 0.1) is 18.9 Å². The molecule has 0 fully saturated rings. The van der Waals surface area contributed by atoms with E-state index in [1.165, 1.54) is 14.0 Å². The SMILES string of the molecule is CCCCc1nc(Cl)c(C(NC)(C(=O)OC)[C@@H](C)O)n1Cc1ccc(-c2ccccc2-c2nn[nH]n2)cc1. The molecular weight excluding hydrogens is 506 g/mol. The number of carbonyl (C=O) groups is 1. The van der Waals surface area contributed by atoms with Crippen LogP contribution in [0.15, 0.2) is 48.5 Å². The van der Waals surface area contributed by atoms with E-state index in [2.05, 4.69) is 37.8 Å². The highest BCUT2D eigenvalue weighted by atomic mass is 35.5. The van der Waals surface area contributed by atoms with Gasteiger partial charge in [0.25, 0.3) is 0 Å². The third-order valence-electron chi connectivity index (χ3n) is 6.78. The van der Waals surface area contributed by atoms with E-state index in [-0.39, 0.29) is 5.15 Å². The minimum atomic E-state index is -1.59. The molecule has 0 saturated carbocycles. The molecule has 0 saturated heterocycles. The number of methoxy groups -OCH3 is 1. The maximum absolute atomic E-state index is 13.1. The van der Waals surface area contributed by atoms with Crippen LogP contribution in [0.5, 0.6) is 0 Å². The first kappa shape index (κ1) is 27.4. The number of H-pyrrole nitrogens is 1. The molecule has 0 aliphatic carbocycles. The molecule has 4 rings (SSSR count). The highest BCUT2D eigenvalue weighted by molar-refractivity contribution is 6.30. The van der Waals surface area contributed by atoms with E-state index in [0.717, 1.165) is 40.9 Å². The Hall–Kier alpha value is -3.60. The van der Waals surface area contributed by atoms with Crippen molar-refractivity contribution in [1.29, 1.82) is 0 Å². The minimum Gasteiger partial charge on any atom is -0.467 e. The first-order chi connectivity index (χ1) is 18.4. The summed E-state index contributed by atoms with van der Waals surface area (Å²) in [5.74, 6) is 0.614. The van der Waals surface area contributed by atoms with E-state index in [9.17, 15) is 9.90 Å². The van der Waals surface area contributed by atoms with E-state index < -0.39 is 17.6 Å². The van der Waals surface area contributed by atoms with Gasteiger partial charge in [0, 0.05) is 18.5 Å². The molecule has 3 N–H and O–H groups in total. The number of imidazole rings is 1. The number of likely N-dealkylation sites (N-methyl/N-ethyl adjacent to an activating group) is 1. The number of nitrogens with one attached hydrogen (secondary N) is 2. The lowest BCUT2D eigenvalue weighted by Gasteiger charge is -2.34. The number of aromatic amines is 1. The van der Waals surface area contributed by atoms with E-state index in [4.69, 9.17) is 16.3 Å². The van der Waals surface area contributed by atoms with Gasteiger partial charge < -0.3 is 14.4 Å². The first-order valence-corrected chi connectivity index (χ1v) is 12.9. The number of nitrogens with zero attached hydrogens (tertiary/aromatic N) is 5. The zero-order valence-electron chi connectivity index (χ0n) is 21.9. The highest BCUT2D eigenvalue weighted by Gasteiger charge is 2.49. The molecule has 2 atom stereocenters. The van der Waals surface area contributed by atoms with Crippen molar-refractivity contribution in [3.05, 3.63) is 70.8 Å². The Morgan fingerprint density at radius 3 is 2.50 bits per heavy atom. The van der Waals surface area contributed by atoms with Crippen LogP contribution in [0, 0.1) is 0 Å². The standard InChI is InChI=1S/C27H32ClN7O3/c1-5-6-11-22-30-24(28)23(27(29-3,17(2)36)26(37)38-4)35(22)16-18-12-14-19(15-13-18)20-9-7-8-10-21(20)25-31-33-34-32-25/h7-10,12-15,17,29,36H,5-6,11,16H2,1-4H3,(H,31,32,33,34)/t17-,27?/m1/s1. The Balaban J connectivity index is 1.76. The molecular formula is C27H32ClN7O3. The summed E-state index contributed by atoms with van der Waals surface area (Å²) in [6.45, 7) is 4.03. The summed E-state index contributed by atoms with van der Waals surface area (Å²) in [5.41, 5.74) is 2.60. The Morgan fingerprint density at radius 1 is 1.21 bits per heavy atom. The number of aromatic nitrogens is 6. The van der Waals surface area contributed by atoms with Gasteiger partial charge in [0.15, 0.2) is 10.7 Å². The molecule has 0 spiro atoms. The molecule has 2 heterocycles. The summed E-state index contributed by atoms with van der Waals surface area (Å²) in [7, 11) is 2.88. The second-order valence-electron chi connectivity index (χ2n) is 9.06. The molecule has 0 aliphatic rings. The van der Waals surface area contributed by atoms with Crippen LogP contribution in [0.4, 0.5) is 0 Å². The van der Waals surface area contributed by atoms with Gasteiger partial charge in [0.2, 0.25) is 5.82 Å². The topological polar surface area (TPSA) is 131 Å². The third kappa shape index (κ3) is 5.07. The Kier molecular flexibility index (Phi) is 8.55. The molecule has 11 heteroatoms. The number of unbranched alkanes of at least 4 members (excludes halogenated alkanes) is 1.